The van der Waals surface area contributed by atoms with Gasteiger partial charge in [0.25, 0.3) is 0 Å². The molecule has 10 nitrogen and oxygen atoms in total. The van der Waals surface area contributed by atoms with Crippen molar-refractivity contribution < 1.29 is 18.0 Å². The van der Waals surface area contributed by atoms with E-state index in [9.17, 15) is 8.76 Å². The zero-order chi connectivity index (χ0) is 25.3. The van der Waals surface area contributed by atoms with Crippen LogP contribution in [0.1, 0.15) is 42.5 Å². The van der Waals surface area contributed by atoms with Crippen molar-refractivity contribution in [2.24, 2.45) is 5.92 Å². The predicted molar refractivity (Wildman–Crippen MR) is 137 cm³/mol. The monoisotopic (exact) mass is 519 g/mol. The molecule has 0 radical (unpaired) electrons. The molecule has 1 N–H and O–H groups in total. The minimum Gasteiger partial charge on any atom is -0.760 e. The Balaban J connectivity index is 1.37. The van der Waals surface area contributed by atoms with Gasteiger partial charge in [-0.2, -0.15) is 0 Å². The van der Waals surface area contributed by atoms with Crippen molar-refractivity contribution in [3.05, 3.63) is 53.7 Å². The number of hydrogen-bond acceptors (Lipinski definition) is 8. The minimum absolute atomic E-state index is 0.144. The molecule has 1 unspecified atom stereocenters. The van der Waals surface area contributed by atoms with Crippen LogP contribution < -0.4 is 14.4 Å². The summed E-state index contributed by atoms with van der Waals surface area (Å²) in [5.74, 6) is 2.63. The molecule has 0 bridgehead atoms. The van der Waals surface area contributed by atoms with Gasteiger partial charge in [-0.3, -0.25) is 13.8 Å². The summed E-state index contributed by atoms with van der Waals surface area (Å²) in [7, 11) is 0. The molecular weight excluding hydrogens is 492 g/mol. The molecule has 3 aliphatic rings. The first kappa shape index (κ1) is 22.9. The van der Waals surface area contributed by atoms with Crippen LogP contribution in [0, 0.1) is 19.8 Å². The molecule has 5 heterocycles. The van der Waals surface area contributed by atoms with E-state index in [0.717, 1.165) is 83.4 Å². The van der Waals surface area contributed by atoms with Crippen molar-refractivity contribution >= 4 is 28.2 Å². The molecule has 1 saturated carbocycles. The van der Waals surface area contributed by atoms with E-state index in [1.54, 1.807) is 6.20 Å². The molecule has 3 atom stereocenters. The molecule has 1 aromatic carbocycles. The lowest BCUT2D eigenvalue weighted by Gasteiger charge is -2.30. The molecule has 3 aromatic heterocycles. The van der Waals surface area contributed by atoms with Crippen LogP contribution >= 0.6 is 0 Å². The van der Waals surface area contributed by atoms with Crippen molar-refractivity contribution in [3.8, 4) is 16.9 Å². The molecule has 0 spiro atoms. The van der Waals surface area contributed by atoms with Gasteiger partial charge >= 0.3 is 0 Å². The van der Waals surface area contributed by atoms with Crippen molar-refractivity contribution in [1.29, 1.82) is 0 Å². The Morgan fingerprint density at radius 3 is 2.78 bits per heavy atom. The number of ether oxygens (including phenoxy) is 1. The Labute approximate surface area is 216 Å². The molecule has 4 aromatic rings. The second kappa shape index (κ2) is 8.37. The zero-order valence-electron chi connectivity index (χ0n) is 20.6. The van der Waals surface area contributed by atoms with Crippen molar-refractivity contribution in [1.82, 2.24) is 24.4 Å². The summed E-state index contributed by atoms with van der Waals surface area (Å²) in [6, 6.07) is 9.84. The number of rotatable bonds is 6. The SMILES string of the molecule is Cc1noc(C)c1-c1ccc2nc(N3CC[C@@H](C4(NS(=O)[O-])CC4)C3)n3c2c1OC[C@@H]3c1ccccn1. The molecule has 1 saturated heterocycles. The van der Waals surface area contributed by atoms with E-state index in [0.29, 0.717) is 6.61 Å². The number of anilines is 1. The van der Waals surface area contributed by atoms with Gasteiger partial charge in [0.05, 0.1) is 22.5 Å². The van der Waals surface area contributed by atoms with Crippen molar-refractivity contribution in [2.45, 2.75) is 44.7 Å². The highest BCUT2D eigenvalue weighted by Gasteiger charge is 2.52. The largest absolute Gasteiger partial charge is 0.760 e. The second-order valence-electron chi connectivity index (χ2n) is 10.3. The smallest absolute Gasteiger partial charge is 0.207 e. The number of nitrogens with one attached hydrogen (secondary N) is 1. The van der Waals surface area contributed by atoms with Crippen LogP contribution in [0.5, 0.6) is 5.75 Å². The van der Waals surface area contributed by atoms with E-state index in [-0.39, 0.29) is 17.5 Å². The minimum atomic E-state index is -2.27. The molecule has 192 valence electrons. The average Bonchev–Trinajstić information content (AvgIpc) is 3.20. The van der Waals surface area contributed by atoms with Crippen molar-refractivity contribution in [2.75, 3.05) is 24.6 Å². The predicted octanol–water partition coefficient (Wildman–Crippen LogP) is 3.43. The van der Waals surface area contributed by atoms with Crippen LogP contribution in [-0.4, -0.2) is 53.7 Å². The Hall–Kier alpha value is -3.28. The van der Waals surface area contributed by atoms with Gasteiger partial charge in [-0.1, -0.05) is 11.2 Å². The summed E-state index contributed by atoms with van der Waals surface area (Å²) in [5.41, 5.74) is 5.07. The van der Waals surface area contributed by atoms with Gasteiger partial charge < -0.3 is 18.7 Å². The Morgan fingerprint density at radius 1 is 1.22 bits per heavy atom. The molecule has 11 heteroatoms. The van der Waals surface area contributed by atoms with Gasteiger partial charge in [0.1, 0.15) is 23.9 Å². The number of nitrogens with zero attached hydrogens (tertiary/aromatic N) is 5. The van der Waals surface area contributed by atoms with Gasteiger partial charge in [-0.25, -0.2) is 9.71 Å². The van der Waals surface area contributed by atoms with E-state index in [1.165, 1.54) is 0 Å². The molecule has 2 aliphatic heterocycles. The highest BCUT2D eigenvalue weighted by molar-refractivity contribution is 7.77. The molecule has 1 aliphatic carbocycles. The number of imidazole rings is 1. The van der Waals surface area contributed by atoms with Gasteiger partial charge in [-0.15, -0.1) is 0 Å². The van der Waals surface area contributed by atoms with Crippen LogP contribution in [0.4, 0.5) is 5.95 Å². The van der Waals surface area contributed by atoms with E-state index in [2.05, 4.69) is 24.3 Å². The molecule has 0 amide bonds. The number of pyridine rings is 1. The van der Waals surface area contributed by atoms with Gasteiger partial charge in [0, 0.05) is 41.7 Å². The highest BCUT2D eigenvalue weighted by atomic mass is 32.2. The fourth-order valence-electron chi connectivity index (χ4n) is 6.19. The first-order valence-electron chi connectivity index (χ1n) is 12.6. The van der Waals surface area contributed by atoms with Crippen LogP contribution in [0.15, 0.2) is 41.1 Å². The molecule has 2 fully saturated rings. The van der Waals surface area contributed by atoms with E-state index in [1.807, 2.05) is 44.2 Å². The second-order valence-corrected chi connectivity index (χ2v) is 11.0. The molecular formula is C26H27N6O4S-. The van der Waals surface area contributed by atoms with Crippen LogP contribution in [0.3, 0.4) is 0 Å². The maximum atomic E-state index is 11.4. The zero-order valence-corrected chi connectivity index (χ0v) is 21.5. The van der Waals surface area contributed by atoms with Gasteiger partial charge in [0.2, 0.25) is 5.95 Å². The van der Waals surface area contributed by atoms with E-state index in [4.69, 9.17) is 14.2 Å². The number of aryl methyl sites for hydroxylation is 2. The summed E-state index contributed by atoms with van der Waals surface area (Å²) in [5, 5.41) is 4.16. The summed E-state index contributed by atoms with van der Waals surface area (Å²) in [6.07, 6.45) is 4.47. The lowest BCUT2D eigenvalue weighted by Crippen LogP contribution is -2.41. The maximum absolute atomic E-state index is 11.4. The number of benzene rings is 1. The average molecular weight is 520 g/mol. The van der Waals surface area contributed by atoms with Gasteiger partial charge in [-0.05, 0) is 63.3 Å². The number of aromatic nitrogens is 4. The third kappa shape index (κ3) is 3.59. The molecule has 7 rings (SSSR count). The van der Waals surface area contributed by atoms with Gasteiger partial charge in [0.15, 0.2) is 5.75 Å². The van der Waals surface area contributed by atoms with E-state index >= 15 is 0 Å². The highest BCUT2D eigenvalue weighted by Crippen LogP contribution is 2.49. The van der Waals surface area contributed by atoms with Crippen LogP contribution in [-0.2, 0) is 11.3 Å². The maximum Gasteiger partial charge on any atom is 0.207 e. The topological polar surface area (TPSA) is 121 Å². The third-order valence-corrected chi connectivity index (χ3v) is 8.72. The Kier molecular flexibility index (Phi) is 5.18. The first-order chi connectivity index (χ1) is 17.9. The standard InChI is InChI=1S/C26H28N6O4S/c1-15-22(16(2)36-29-15)18-6-7-20-23-24(18)35-14-21(19-5-3-4-11-27-19)32(23)25(28-20)31-12-8-17(13-31)26(9-10-26)30-37(33)34/h3-7,11,17,21,30H,8-10,12-14H2,1-2H3,(H,33,34)/p-1/t17-,21-/m1/s1. The Bertz CT molecular complexity index is 1510. The summed E-state index contributed by atoms with van der Waals surface area (Å²) < 4.78 is 39.9. The summed E-state index contributed by atoms with van der Waals surface area (Å²) >= 11 is -2.27. The fourth-order valence-corrected chi connectivity index (χ4v) is 6.89. The summed E-state index contributed by atoms with van der Waals surface area (Å²) in [6.45, 7) is 5.82. The third-order valence-electron chi connectivity index (χ3n) is 8.14. The van der Waals surface area contributed by atoms with Crippen molar-refractivity contribution in [3.63, 3.8) is 0 Å². The van der Waals surface area contributed by atoms with E-state index < -0.39 is 11.3 Å². The normalized spacial score (nSPS) is 22.8. The Morgan fingerprint density at radius 2 is 2.08 bits per heavy atom. The van der Waals surface area contributed by atoms with Crippen LogP contribution in [0.25, 0.3) is 22.2 Å². The number of hydrogen-bond donors (Lipinski definition) is 1. The quantitative estimate of drug-likeness (QED) is 0.385. The summed E-state index contributed by atoms with van der Waals surface area (Å²) in [4.78, 5) is 12.1. The lowest BCUT2D eigenvalue weighted by atomic mass is 9.97. The first-order valence-corrected chi connectivity index (χ1v) is 13.7. The lowest BCUT2D eigenvalue weighted by molar-refractivity contribution is 0.258. The van der Waals surface area contributed by atoms with Crippen LogP contribution in [0.2, 0.25) is 0 Å². The fraction of sp³-hybridized carbons (Fsp3) is 0.423. The molecule has 37 heavy (non-hydrogen) atoms.